The normalized spacial score (nSPS) is 14.7. The highest BCUT2D eigenvalue weighted by Gasteiger charge is 2.15. The van der Waals surface area contributed by atoms with Crippen molar-refractivity contribution in [1.82, 2.24) is 5.32 Å². The largest absolute Gasteiger partial charge is 0.490 e. The van der Waals surface area contributed by atoms with Gasteiger partial charge in [-0.15, -0.1) is 11.3 Å². The van der Waals surface area contributed by atoms with Gasteiger partial charge < -0.3 is 14.8 Å². The van der Waals surface area contributed by atoms with Gasteiger partial charge in [-0.25, -0.2) is 4.79 Å². The van der Waals surface area contributed by atoms with Crippen LogP contribution in [0.1, 0.15) is 57.0 Å². The highest BCUT2D eigenvalue weighted by Crippen LogP contribution is 2.23. The van der Waals surface area contributed by atoms with E-state index in [1.807, 2.05) is 24.3 Å². The predicted octanol–water partition coefficient (Wildman–Crippen LogP) is 4.18. The van der Waals surface area contributed by atoms with Gasteiger partial charge in [0.15, 0.2) is 0 Å². The second kappa shape index (κ2) is 8.85. The van der Waals surface area contributed by atoms with Gasteiger partial charge in [-0.3, -0.25) is 4.79 Å². The summed E-state index contributed by atoms with van der Waals surface area (Å²) in [5.41, 5.74) is 0.999. The van der Waals surface area contributed by atoms with Gasteiger partial charge in [0.2, 0.25) is 0 Å². The summed E-state index contributed by atoms with van der Waals surface area (Å²) >= 11 is 1.12. The number of esters is 1. The van der Waals surface area contributed by atoms with E-state index in [9.17, 15) is 9.59 Å². The number of ether oxygens (including phenoxy) is 2. The van der Waals surface area contributed by atoms with Gasteiger partial charge in [-0.1, -0.05) is 18.6 Å². The Morgan fingerprint density at radius 1 is 1.04 bits per heavy atom. The molecule has 2 aromatic rings. The molecule has 0 bridgehead atoms. The number of hydrogen-bond donors (Lipinski definition) is 1. The molecule has 0 radical (unpaired) electrons. The molecular formula is C20H23NO4S. The molecule has 0 spiro atoms. The summed E-state index contributed by atoms with van der Waals surface area (Å²) in [5.74, 6) is 0.253. The van der Waals surface area contributed by atoms with E-state index in [1.165, 1.54) is 26.4 Å². The lowest BCUT2D eigenvalue weighted by atomic mass is 9.98. The maximum atomic E-state index is 12.2. The lowest BCUT2D eigenvalue weighted by molar-refractivity contribution is 0.0606. The van der Waals surface area contributed by atoms with E-state index in [0.717, 1.165) is 35.5 Å². The standard InChI is InChI=1S/C20H23NO4S/c1-24-20(23)18-12-11-17(26-18)19(22)21-13-14-7-9-16(10-8-14)25-15-5-3-2-4-6-15/h7-12,15H,2-6,13H2,1H3,(H,21,22). The van der Waals surface area contributed by atoms with Gasteiger partial charge in [0.1, 0.15) is 10.6 Å². The van der Waals surface area contributed by atoms with Crippen molar-refractivity contribution in [2.45, 2.75) is 44.8 Å². The lowest BCUT2D eigenvalue weighted by Crippen LogP contribution is -2.22. The molecule has 3 rings (SSSR count). The molecule has 0 saturated heterocycles. The molecule has 1 N–H and O–H groups in total. The van der Waals surface area contributed by atoms with E-state index in [0.29, 0.717) is 22.4 Å². The van der Waals surface area contributed by atoms with Crippen LogP contribution in [-0.4, -0.2) is 25.1 Å². The van der Waals surface area contributed by atoms with Crippen LogP contribution in [-0.2, 0) is 11.3 Å². The fourth-order valence-electron chi connectivity index (χ4n) is 3.00. The zero-order valence-electron chi connectivity index (χ0n) is 14.8. The molecule has 1 fully saturated rings. The Hall–Kier alpha value is -2.34. The van der Waals surface area contributed by atoms with Crippen LogP contribution in [0.4, 0.5) is 0 Å². The highest BCUT2D eigenvalue weighted by atomic mass is 32.1. The number of amides is 1. The first-order valence-corrected chi connectivity index (χ1v) is 9.69. The topological polar surface area (TPSA) is 64.6 Å². The minimum absolute atomic E-state index is 0.201. The van der Waals surface area contributed by atoms with Gasteiger partial charge in [-0.05, 0) is 55.5 Å². The molecule has 0 aliphatic heterocycles. The van der Waals surface area contributed by atoms with Crippen molar-refractivity contribution < 1.29 is 19.1 Å². The first-order chi connectivity index (χ1) is 12.7. The van der Waals surface area contributed by atoms with E-state index < -0.39 is 5.97 Å². The minimum atomic E-state index is -0.428. The van der Waals surface area contributed by atoms with Crippen molar-refractivity contribution in [3.8, 4) is 5.75 Å². The van der Waals surface area contributed by atoms with Crippen molar-refractivity contribution in [1.29, 1.82) is 0 Å². The summed E-state index contributed by atoms with van der Waals surface area (Å²) in [6.07, 6.45) is 6.39. The maximum absolute atomic E-state index is 12.2. The van der Waals surface area contributed by atoms with Crippen LogP contribution in [0.25, 0.3) is 0 Å². The van der Waals surface area contributed by atoms with Crippen molar-refractivity contribution in [3.63, 3.8) is 0 Å². The summed E-state index contributed by atoms with van der Waals surface area (Å²) in [4.78, 5) is 24.5. The van der Waals surface area contributed by atoms with Gasteiger partial charge >= 0.3 is 5.97 Å². The number of carbonyl (C=O) groups is 2. The maximum Gasteiger partial charge on any atom is 0.348 e. The number of rotatable bonds is 6. The number of benzene rings is 1. The molecule has 0 atom stereocenters. The molecule has 1 heterocycles. The number of hydrogen-bond acceptors (Lipinski definition) is 5. The van der Waals surface area contributed by atoms with Crippen molar-refractivity contribution in [2.24, 2.45) is 0 Å². The van der Waals surface area contributed by atoms with Gasteiger partial charge in [0.25, 0.3) is 5.91 Å². The molecule has 26 heavy (non-hydrogen) atoms. The third-order valence-corrected chi connectivity index (χ3v) is 5.51. The predicted molar refractivity (Wildman–Crippen MR) is 101 cm³/mol. The van der Waals surface area contributed by atoms with E-state index in [4.69, 9.17) is 4.74 Å². The van der Waals surface area contributed by atoms with Crippen LogP contribution in [0, 0.1) is 0 Å². The number of nitrogens with one attached hydrogen (secondary N) is 1. The molecule has 1 aromatic heterocycles. The zero-order valence-corrected chi connectivity index (χ0v) is 15.6. The monoisotopic (exact) mass is 373 g/mol. The molecule has 1 aromatic carbocycles. The van der Waals surface area contributed by atoms with Crippen LogP contribution in [0.5, 0.6) is 5.75 Å². The van der Waals surface area contributed by atoms with E-state index in [1.54, 1.807) is 12.1 Å². The minimum Gasteiger partial charge on any atom is -0.490 e. The summed E-state index contributed by atoms with van der Waals surface area (Å²) in [6, 6.07) is 11.1. The van der Waals surface area contributed by atoms with Crippen LogP contribution >= 0.6 is 11.3 Å². The first-order valence-electron chi connectivity index (χ1n) is 8.87. The van der Waals surface area contributed by atoms with Crippen molar-refractivity contribution in [2.75, 3.05) is 7.11 Å². The average molecular weight is 373 g/mol. The highest BCUT2D eigenvalue weighted by molar-refractivity contribution is 7.15. The van der Waals surface area contributed by atoms with Crippen LogP contribution in [0.15, 0.2) is 36.4 Å². The summed E-state index contributed by atoms with van der Waals surface area (Å²) < 4.78 is 10.7. The van der Waals surface area contributed by atoms with E-state index in [2.05, 4.69) is 10.1 Å². The smallest absolute Gasteiger partial charge is 0.348 e. The molecule has 5 nitrogen and oxygen atoms in total. The number of methoxy groups -OCH3 is 1. The van der Waals surface area contributed by atoms with Crippen LogP contribution in [0.3, 0.4) is 0 Å². The Morgan fingerprint density at radius 3 is 2.42 bits per heavy atom. The quantitative estimate of drug-likeness (QED) is 0.772. The Balaban J connectivity index is 1.50. The SMILES string of the molecule is COC(=O)c1ccc(C(=O)NCc2ccc(OC3CCCCC3)cc2)s1. The molecule has 138 valence electrons. The van der Waals surface area contributed by atoms with Gasteiger partial charge in [-0.2, -0.15) is 0 Å². The molecular weight excluding hydrogens is 350 g/mol. The van der Waals surface area contributed by atoms with E-state index >= 15 is 0 Å². The van der Waals surface area contributed by atoms with Gasteiger partial charge in [0, 0.05) is 6.54 Å². The molecule has 1 aliphatic rings. The third kappa shape index (κ3) is 4.85. The van der Waals surface area contributed by atoms with Crippen molar-refractivity contribution >= 4 is 23.2 Å². The average Bonchev–Trinajstić information content (AvgIpc) is 3.18. The first kappa shape index (κ1) is 18.5. The summed E-state index contributed by atoms with van der Waals surface area (Å²) in [7, 11) is 1.32. The van der Waals surface area contributed by atoms with Gasteiger partial charge in [0.05, 0.1) is 18.1 Å². The second-order valence-electron chi connectivity index (χ2n) is 6.36. The molecule has 1 aliphatic carbocycles. The van der Waals surface area contributed by atoms with E-state index in [-0.39, 0.29) is 5.91 Å². The summed E-state index contributed by atoms with van der Waals surface area (Å²) in [5, 5.41) is 2.86. The summed E-state index contributed by atoms with van der Waals surface area (Å²) in [6.45, 7) is 0.425. The lowest BCUT2D eigenvalue weighted by Gasteiger charge is -2.23. The molecule has 1 amide bonds. The molecule has 6 heteroatoms. The Kier molecular flexibility index (Phi) is 6.28. The third-order valence-electron chi connectivity index (χ3n) is 4.45. The van der Waals surface area contributed by atoms with Crippen molar-refractivity contribution in [3.05, 3.63) is 51.7 Å². The van der Waals surface area contributed by atoms with Crippen LogP contribution in [0.2, 0.25) is 0 Å². The fraction of sp³-hybridized carbons (Fsp3) is 0.400. The number of carbonyl (C=O) groups excluding carboxylic acids is 2. The fourth-order valence-corrected chi connectivity index (χ4v) is 3.84. The molecule has 1 saturated carbocycles. The second-order valence-corrected chi connectivity index (χ2v) is 7.44. The zero-order chi connectivity index (χ0) is 18.4. The van der Waals surface area contributed by atoms with Crippen LogP contribution < -0.4 is 10.1 Å². The Bertz CT molecular complexity index is 747. The number of thiophene rings is 1. The Labute approximate surface area is 157 Å². The molecule has 0 unspecified atom stereocenters. The Morgan fingerprint density at radius 2 is 1.73 bits per heavy atom.